The Labute approximate surface area is 135 Å². The molecule has 0 atom stereocenters. The zero-order valence-electron chi connectivity index (χ0n) is 12.0. The van der Waals surface area contributed by atoms with Crippen LogP contribution in [-0.4, -0.2) is 34.1 Å². The van der Waals surface area contributed by atoms with Gasteiger partial charge in [-0.1, -0.05) is 28.1 Å². The summed E-state index contributed by atoms with van der Waals surface area (Å²) in [4.78, 5) is 22.4. The minimum atomic E-state index is -0.864. The highest BCUT2D eigenvalue weighted by atomic mass is 79.9. The lowest BCUT2D eigenvalue weighted by Crippen LogP contribution is -2.16. The van der Waals surface area contributed by atoms with Crippen LogP contribution in [0.3, 0.4) is 0 Å². The first-order valence-corrected chi connectivity index (χ1v) is 7.45. The lowest BCUT2D eigenvalue weighted by atomic mass is 10.1. The minimum Gasteiger partial charge on any atom is -0.481 e. The van der Waals surface area contributed by atoms with Gasteiger partial charge in [-0.3, -0.25) is 4.79 Å². The molecule has 0 unspecified atom stereocenters. The number of aromatic nitrogens is 2. The topological polar surface area (TPSA) is 81.4 Å². The van der Waals surface area contributed by atoms with E-state index in [0.29, 0.717) is 24.2 Å². The van der Waals surface area contributed by atoms with Crippen LogP contribution in [0.1, 0.15) is 18.5 Å². The molecular weight excluding hydrogens is 352 g/mol. The number of halogens is 1. The second-order valence-electron chi connectivity index (χ2n) is 4.66. The number of carboxylic acids is 1. The van der Waals surface area contributed by atoms with Gasteiger partial charge in [0.1, 0.15) is 0 Å². The van der Waals surface area contributed by atoms with Crippen LogP contribution < -0.4 is 0 Å². The van der Waals surface area contributed by atoms with Gasteiger partial charge in [-0.05, 0) is 31.0 Å². The average Bonchev–Trinajstić information content (AvgIpc) is 2.91. The molecule has 7 heteroatoms. The maximum atomic E-state index is 11.8. The van der Waals surface area contributed by atoms with E-state index in [0.717, 1.165) is 10.0 Å². The normalized spacial score (nSPS) is 10.5. The fourth-order valence-electron chi connectivity index (χ4n) is 2.02. The zero-order valence-corrected chi connectivity index (χ0v) is 13.5. The number of benzene rings is 1. The summed E-state index contributed by atoms with van der Waals surface area (Å²) in [5.41, 5.74) is 2.14. The summed E-state index contributed by atoms with van der Waals surface area (Å²) in [6.45, 7) is 0. The van der Waals surface area contributed by atoms with E-state index >= 15 is 0 Å². The summed E-state index contributed by atoms with van der Waals surface area (Å²) in [7, 11) is 1.28. The summed E-state index contributed by atoms with van der Waals surface area (Å²) in [5, 5.41) is 13.0. The molecule has 116 valence electrons. The molecule has 0 saturated carbocycles. The molecule has 1 aromatic heterocycles. The Morgan fingerprint density at radius 1 is 1.32 bits per heavy atom. The first kappa shape index (κ1) is 16.2. The van der Waals surface area contributed by atoms with Crippen molar-refractivity contribution < 1.29 is 19.4 Å². The molecule has 0 radical (unpaired) electrons. The predicted molar refractivity (Wildman–Crippen MR) is 83.7 cm³/mol. The van der Waals surface area contributed by atoms with Crippen LogP contribution in [-0.2, 0) is 16.0 Å². The van der Waals surface area contributed by atoms with Gasteiger partial charge >= 0.3 is 12.1 Å². The molecule has 0 aliphatic carbocycles. The fraction of sp³-hybridized carbons (Fsp3) is 0.267. The Kier molecular flexibility index (Phi) is 5.32. The maximum absolute atomic E-state index is 11.8. The van der Waals surface area contributed by atoms with Crippen molar-refractivity contribution in [3.63, 3.8) is 0 Å². The number of methoxy groups -OCH3 is 1. The smallest absolute Gasteiger partial charge is 0.434 e. The Balaban J connectivity index is 2.28. The Hall–Kier alpha value is -2.15. The van der Waals surface area contributed by atoms with Crippen LogP contribution in [0.4, 0.5) is 4.79 Å². The molecule has 1 aromatic carbocycles. The van der Waals surface area contributed by atoms with Crippen molar-refractivity contribution in [1.29, 1.82) is 0 Å². The third-order valence-corrected chi connectivity index (χ3v) is 3.62. The highest BCUT2D eigenvalue weighted by molar-refractivity contribution is 9.10. The van der Waals surface area contributed by atoms with Crippen molar-refractivity contribution in [2.45, 2.75) is 19.3 Å². The number of ether oxygens (including phenoxy) is 1. The van der Waals surface area contributed by atoms with E-state index in [1.165, 1.54) is 11.8 Å². The summed E-state index contributed by atoms with van der Waals surface area (Å²) in [5.74, 6) is -0.864. The third-order valence-electron chi connectivity index (χ3n) is 3.09. The second-order valence-corrected chi connectivity index (χ2v) is 5.57. The van der Waals surface area contributed by atoms with Gasteiger partial charge in [0.25, 0.3) is 0 Å². The van der Waals surface area contributed by atoms with Crippen molar-refractivity contribution in [3.8, 4) is 11.3 Å². The first-order valence-electron chi connectivity index (χ1n) is 6.66. The Bertz CT molecular complexity index is 679. The molecule has 2 rings (SSSR count). The number of carboxylic acid groups (broad SMARTS) is 1. The monoisotopic (exact) mass is 366 g/mol. The van der Waals surface area contributed by atoms with E-state index in [2.05, 4.69) is 21.0 Å². The molecule has 0 aliphatic heterocycles. The van der Waals surface area contributed by atoms with Gasteiger partial charge in [-0.25, -0.2) is 4.79 Å². The lowest BCUT2D eigenvalue weighted by Gasteiger charge is -2.03. The van der Waals surface area contributed by atoms with E-state index < -0.39 is 12.1 Å². The number of nitrogens with zero attached hydrogens (tertiary/aromatic N) is 2. The standard InChI is InChI=1S/C15H15BrN2O4/c1-22-15(21)18-12(3-2-4-14(19)20)9-13(17-18)10-5-7-11(16)8-6-10/h5-9H,2-4H2,1H3,(H,19,20). The largest absolute Gasteiger partial charge is 0.481 e. The van der Waals surface area contributed by atoms with Crippen molar-refractivity contribution >= 4 is 28.0 Å². The van der Waals surface area contributed by atoms with Crippen LogP contribution >= 0.6 is 15.9 Å². The molecule has 0 saturated heterocycles. The van der Waals surface area contributed by atoms with Gasteiger partial charge < -0.3 is 9.84 Å². The van der Waals surface area contributed by atoms with Gasteiger partial charge in [0.2, 0.25) is 0 Å². The molecule has 6 nitrogen and oxygen atoms in total. The summed E-state index contributed by atoms with van der Waals surface area (Å²) in [6.07, 6.45) is 0.316. The van der Waals surface area contributed by atoms with E-state index in [-0.39, 0.29) is 6.42 Å². The number of carbonyl (C=O) groups is 2. The van der Waals surface area contributed by atoms with Crippen LogP contribution in [0.5, 0.6) is 0 Å². The maximum Gasteiger partial charge on any atom is 0.434 e. The van der Waals surface area contributed by atoms with Crippen LogP contribution in [0.25, 0.3) is 11.3 Å². The van der Waals surface area contributed by atoms with Crippen LogP contribution in [0.15, 0.2) is 34.8 Å². The van der Waals surface area contributed by atoms with Gasteiger partial charge in [0, 0.05) is 16.5 Å². The number of hydrogen-bond donors (Lipinski definition) is 1. The molecule has 0 bridgehead atoms. The molecule has 1 N–H and O–H groups in total. The fourth-order valence-corrected chi connectivity index (χ4v) is 2.29. The van der Waals surface area contributed by atoms with Crippen LogP contribution in [0.2, 0.25) is 0 Å². The highest BCUT2D eigenvalue weighted by Gasteiger charge is 2.15. The molecule has 0 fully saturated rings. The Morgan fingerprint density at radius 3 is 2.59 bits per heavy atom. The SMILES string of the molecule is COC(=O)n1nc(-c2ccc(Br)cc2)cc1CCCC(=O)O. The zero-order chi connectivity index (χ0) is 16.1. The number of aliphatic carboxylic acids is 1. The molecule has 2 aromatic rings. The predicted octanol–water partition coefficient (Wildman–Crippen LogP) is 3.33. The average molecular weight is 367 g/mol. The molecule has 1 heterocycles. The number of aryl methyl sites for hydroxylation is 1. The number of rotatable bonds is 5. The number of hydrogen-bond acceptors (Lipinski definition) is 4. The molecule has 0 aliphatic rings. The van der Waals surface area contributed by atoms with E-state index in [4.69, 9.17) is 9.84 Å². The highest BCUT2D eigenvalue weighted by Crippen LogP contribution is 2.22. The summed E-state index contributed by atoms with van der Waals surface area (Å²) < 4.78 is 6.84. The minimum absolute atomic E-state index is 0.0416. The van der Waals surface area contributed by atoms with Gasteiger partial charge in [-0.15, -0.1) is 0 Å². The van der Waals surface area contributed by atoms with Crippen molar-refractivity contribution in [2.24, 2.45) is 0 Å². The van der Waals surface area contributed by atoms with E-state index in [1.807, 2.05) is 24.3 Å². The van der Waals surface area contributed by atoms with Gasteiger partial charge in [-0.2, -0.15) is 9.78 Å². The molecule has 22 heavy (non-hydrogen) atoms. The lowest BCUT2D eigenvalue weighted by molar-refractivity contribution is -0.137. The first-order chi connectivity index (χ1) is 10.5. The molecule has 0 amide bonds. The molecular formula is C15H15BrN2O4. The van der Waals surface area contributed by atoms with Crippen molar-refractivity contribution in [2.75, 3.05) is 7.11 Å². The second kappa shape index (κ2) is 7.22. The number of carbonyl (C=O) groups excluding carboxylic acids is 1. The van der Waals surface area contributed by atoms with Crippen molar-refractivity contribution in [1.82, 2.24) is 9.78 Å². The van der Waals surface area contributed by atoms with E-state index in [9.17, 15) is 9.59 Å². The van der Waals surface area contributed by atoms with Crippen molar-refractivity contribution in [3.05, 3.63) is 40.5 Å². The van der Waals surface area contributed by atoms with Gasteiger partial charge in [0.05, 0.1) is 18.5 Å². The Morgan fingerprint density at radius 2 is 2.00 bits per heavy atom. The van der Waals surface area contributed by atoms with E-state index in [1.54, 1.807) is 6.07 Å². The summed E-state index contributed by atoms with van der Waals surface area (Å²) in [6, 6.07) is 9.32. The van der Waals surface area contributed by atoms with Gasteiger partial charge in [0.15, 0.2) is 0 Å². The van der Waals surface area contributed by atoms with Crippen LogP contribution in [0, 0.1) is 0 Å². The third kappa shape index (κ3) is 3.94. The summed E-state index contributed by atoms with van der Waals surface area (Å²) >= 11 is 3.36. The molecule has 0 spiro atoms. The quantitative estimate of drug-likeness (QED) is 0.877.